The molecule has 1 aromatic heterocycles. The minimum absolute atomic E-state index is 0.0404. The van der Waals surface area contributed by atoms with E-state index in [1.54, 1.807) is 18.2 Å². The largest absolute Gasteiger partial charge is 0.490 e. The first kappa shape index (κ1) is 29.9. The summed E-state index contributed by atoms with van der Waals surface area (Å²) in [6.07, 6.45) is 4.17. The van der Waals surface area contributed by atoms with Crippen molar-refractivity contribution in [1.82, 2.24) is 4.57 Å². The first-order chi connectivity index (χ1) is 19.8. The third kappa shape index (κ3) is 6.48. The predicted octanol–water partition coefficient (Wildman–Crippen LogP) is 4.39. The van der Waals surface area contributed by atoms with E-state index in [-0.39, 0.29) is 17.2 Å². The molecular weight excluding hydrogens is 544 g/mol. The van der Waals surface area contributed by atoms with E-state index in [4.69, 9.17) is 23.7 Å². The first-order valence-electron chi connectivity index (χ1n) is 13.8. The number of fused-ring (bicyclic) bond motifs is 1. The fourth-order valence-electron chi connectivity index (χ4n) is 4.42. The van der Waals surface area contributed by atoms with Crippen LogP contribution in [0.3, 0.4) is 0 Å². The highest BCUT2D eigenvalue weighted by molar-refractivity contribution is 7.07. The molecule has 0 amide bonds. The van der Waals surface area contributed by atoms with Gasteiger partial charge in [-0.05, 0) is 75.6 Å². The van der Waals surface area contributed by atoms with Crippen LogP contribution in [0, 0.1) is 0 Å². The molecule has 0 aliphatic carbocycles. The number of aromatic nitrogens is 1. The predicted molar refractivity (Wildman–Crippen MR) is 158 cm³/mol. The molecule has 2 aromatic carbocycles. The van der Waals surface area contributed by atoms with Crippen molar-refractivity contribution in [2.24, 2.45) is 4.99 Å². The lowest BCUT2D eigenvalue weighted by Gasteiger charge is -2.23. The van der Waals surface area contributed by atoms with Crippen molar-refractivity contribution in [3.05, 3.63) is 79.0 Å². The second kappa shape index (κ2) is 13.5. The van der Waals surface area contributed by atoms with Crippen molar-refractivity contribution in [2.45, 2.75) is 53.2 Å². The zero-order chi connectivity index (χ0) is 29.5. The van der Waals surface area contributed by atoms with Crippen LogP contribution in [-0.4, -0.2) is 43.6 Å². The van der Waals surface area contributed by atoms with Crippen molar-refractivity contribution in [2.75, 3.05) is 26.9 Å². The number of hydrogen-bond acceptors (Lipinski definition) is 9. The van der Waals surface area contributed by atoms with Gasteiger partial charge in [-0.2, -0.15) is 0 Å². The second-order valence-corrected chi connectivity index (χ2v) is 10.2. The Hall–Kier alpha value is -4.05. The SMILES string of the molecule is CCOc1ccc([C@@H]2C(C(=O)OC)=CN=c3s/c(=C\c4ccc(O[C@H](C)CC)c(OCC)c4)c(=O)n32)cc1OCC. The van der Waals surface area contributed by atoms with Crippen LogP contribution in [0.2, 0.25) is 0 Å². The lowest BCUT2D eigenvalue weighted by atomic mass is 9.97. The molecule has 2 atom stereocenters. The van der Waals surface area contributed by atoms with Crippen LogP contribution in [-0.2, 0) is 9.53 Å². The molecule has 0 radical (unpaired) electrons. The Morgan fingerprint density at radius 1 is 0.976 bits per heavy atom. The number of methoxy groups -OCH3 is 1. The summed E-state index contributed by atoms with van der Waals surface area (Å²) in [6.45, 7) is 11.1. The van der Waals surface area contributed by atoms with Crippen molar-refractivity contribution in [3.63, 3.8) is 0 Å². The maximum Gasteiger partial charge on any atom is 0.337 e. The summed E-state index contributed by atoms with van der Waals surface area (Å²) in [4.78, 5) is 31.6. The van der Waals surface area contributed by atoms with Gasteiger partial charge in [0.25, 0.3) is 5.56 Å². The van der Waals surface area contributed by atoms with E-state index in [1.165, 1.54) is 29.2 Å². The highest BCUT2D eigenvalue weighted by Gasteiger charge is 2.31. The number of rotatable bonds is 12. The standard InChI is InChI=1S/C31H36N2O7S/c1-7-19(5)40-24-13-11-20(15-25(24)38-9-3)16-27-29(34)33-28(22(30(35)36-6)18-32-31(33)41-27)21-12-14-23(37-8-2)26(17-21)39-10-4/h11-19,28H,7-10H2,1-6H3/b27-16-/t19-,28-/m1/s1. The molecule has 1 aliphatic heterocycles. The summed E-state index contributed by atoms with van der Waals surface area (Å²) in [5.41, 5.74) is 1.40. The molecule has 1 aliphatic rings. The van der Waals surface area contributed by atoms with Crippen LogP contribution in [0.25, 0.3) is 6.08 Å². The molecule has 0 unspecified atom stereocenters. The number of esters is 1. The van der Waals surface area contributed by atoms with Gasteiger partial charge < -0.3 is 23.7 Å². The average Bonchev–Trinajstić information content (AvgIpc) is 3.29. The van der Waals surface area contributed by atoms with E-state index < -0.39 is 12.0 Å². The number of nitrogens with zero attached hydrogens (tertiary/aromatic N) is 2. The summed E-state index contributed by atoms with van der Waals surface area (Å²) in [5, 5.41) is 0. The minimum Gasteiger partial charge on any atom is -0.490 e. The van der Waals surface area contributed by atoms with Crippen molar-refractivity contribution >= 4 is 23.4 Å². The average molecular weight is 581 g/mol. The van der Waals surface area contributed by atoms with E-state index in [0.717, 1.165) is 12.0 Å². The maximum atomic E-state index is 13.9. The minimum atomic E-state index is -0.763. The molecule has 3 aromatic rings. The van der Waals surface area contributed by atoms with Gasteiger partial charge in [0, 0.05) is 6.20 Å². The van der Waals surface area contributed by atoms with Gasteiger partial charge >= 0.3 is 5.97 Å². The van der Waals surface area contributed by atoms with Gasteiger partial charge in [0.15, 0.2) is 27.8 Å². The Balaban J connectivity index is 1.84. The molecule has 0 fully saturated rings. The lowest BCUT2D eigenvalue weighted by molar-refractivity contribution is -0.136. The fraction of sp³-hybridized carbons (Fsp3) is 0.387. The van der Waals surface area contributed by atoms with Crippen molar-refractivity contribution < 1.29 is 28.5 Å². The maximum absolute atomic E-state index is 13.9. The van der Waals surface area contributed by atoms with Gasteiger partial charge in [-0.1, -0.05) is 30.4 Å². The number of hydrogen-bond donors (Lipinski definition) is 0. The summed E-state index contributed by atoms with van der Waals surface area (Å²) >= 11 is 1.24. The summed E-state index contributed by atoms with van der Waals surface area (Å²) in [6, 6.07) is 10.2. The molecular formula is C31H36N2O7S. The Labute approximate surface area is 243 Å². The van der Waals surface area contributed by atoms with Crippen LogP contribution in [0.1, 0.15) is 58.2 Å². The normalized spacial score (nSPS) is 15.3. The molecule has 0 saturated carbocycles. The molecule has 0 saturated heterocycles. The van der Waals surface area contributed by atoms with Crippen LogP contribution in [0.15, 0.2) is 58.0 Å². The Bertz CT molecular complexity index is 1610. The van der Waals surface area contributed by atoms with Gasteiger partial charge in [-0.25, -0.2) is 9.79 Å². The Morgan fingerprint density at radius 3 is 2.29 bits per heavy atom. The molecule has 0 spiro atoms. The van der Waals surface area contributed by atoms with Crippen LogP contribution < -0.4 is 33.8 Å². The van der Waals surface area contributed by atoms with Crippen molar-refractivity contribution in [1.29, 1.82) is 0 Å². The highest BCUT2D eigenvalue weighted by atomic mass is 32.1. The van der Waals surface area contributed by atoms with Gasteiger partial charge in [0.1, 0.15) is 0 Å². The third-order valence-corrected chi connectivity index (χ3v) is 7.47. The topological polar surface area (TPSA) is 97.6 Å². The van der Waals surface area contributed by atoms with Crippen molar-refractivity contribution in [3.8, 4) is 23.0 Å². The van der Waals surface area contributed by atoms with Crippen LogP contribution >= 0.6 is 11.3 Å². The van der Waals surface area contributed by atoms with E-state index in [0.29, 0.717) is 57.7 Å². The zero-order valence-electron chi connectivity index (χ0n) is 24.3. The number of carbonyl (C=O) groups excluding carboxylic acids is 1. The van der Waals surface area contributed by atoms with Gasteiger partial charge in [-0.15, -0.1) is 0 Å². The number of thiazole rings is 1. The van der Waals surface area contributed by atoms with Crippen LogP contribution in [0.5, 0.6) is 23.0 Å². The quantitative estimate of drug-likeness (QED) is 0.293. The molecule has 9 nitrogen and oxygen atoms in total. The Kier molecular flexibility index (Phi) is 9.88. The lowest BCUT2D eigenvalue weighted by Crippen LogP contribution is -2.39. The molecule has 41 heavy (non-hydrogen) atoms. The Morgan fingerprint density at radius 2 is 1.63 bits per heavy atom. The fourth-order valence-corrected chi connectivity index (χ4v) is 5.39. The summed E-state index contributed by atoms with van der Waals surface area (Å²) in [5.74, 6) is 1.80. The highest BCUT2D eigenvalue weighted by Crippen LogP contribution is 2.35. The van der Waals surface area contributed by atoms with E-state index >= 15 is 0 Å². The van der Waals surface area contributed by atoms with Crippen LogP contribution in [0.4, 0.5) is 0 Å². The zero-order valence-corrected chi connectivity index (χ0v) is 25.1. The van der Waals surface area contributed by atoms with Gasteiger partial charge in [0.05, 0.1) is 49.2 Å². The molecule has 10 heteroatoms. The smallest absolute Gasteiger partial charge is 0.337 e. The van der Waals surface area contributed by atoms with Gasteiger partial charge in [-0.3, -0.25) is 9.36 Å². The molecule has 218 valence electrons. The van der Waals surface area contributed by atoms with E-state index in [1.807, 2.05) is 52.0 Å². The summed E-state index contributed by atoms with van der Waals surface area (Å²) in [7, 11) is 1.31. The molecule has 0 bridgehead atoms. The van der Waals surface area contributed by atoms with Gasteiger partial charge in [0.2, 0.25) is 0 Å². The number of ether oxygens (including phenoxy) is 5. The first-order valence-corrected chi connectivity index (χ1v) is 14.6. The van der Waals surface area contributed by atoms with E-state index in [2.05, 4.69) is 11.9 Å². The summed E-state index contributed by atoms with van der Waals surface area (Å²) < 4.78 is 30.4. The molecule has 4 rings (SSSR count). The molecule has 0 N–H and O–H groups in total. The second-order valence-electron chi connectivity index (χ2n) is 9.22. The molecule has 2 heterocycles. The van der Waals surface area contributed by atoms with E-state index in [9.17, 15) is 9.59 Å². The monoisotopic (exact) mass is 580 g/mol. The number of carbonyl (C=O) groups is 1. The third-order valence-electron chi connectivity index (χ3n) is 6.48. The number of benzene rings is 2.